The Hall–Kier alpha value is -3.13. The van der Waals surface area contributed by atoms with Gasteiger partial charge in [-0.2, -0.15) is 0 Å². The quantitative estimate of drug-likeness (QED) is 0.366. The number of allylic oxidation sites excluding steroid dienone is 1. The minimum atomic E-state index is -0.449. The average Bonchev–Trinajstić information content (AvgIpc) is 3.17. The summed E-state index contributed by atoms with van der Waals surface area (Å²) in [6.07, 6.45) is 6.96. The highest BCUT2D eigenvalue weighted by atomic mass is 16.6. The molecule has 2 unspecified atom stereocenters. The Morgan fingerprint density at radius 1 is 0.971 bits per heavy atom. The van der Waals surface area contributed by atoms with E-state index in [0.29, 0.717) is 0 Å². The molecule has 0 radical (unpaired) electrons. The molecule has 0 N–H and O–H groups in total. The minimum absolute atomic E-state index is 0.0540. The van der Waals surface area contributed by atoms with Crippen molar-refractivity contribution < 1.29 is 9.53 Å². The van der Waals surface area contributed by atoms with E-state index in [1.165, 1.54) is 44.5 Å². The summed E-state index contributed by atoms with van der Waals surface area (Å²) in [6.45, 7) is 8.10. The molecule has 3 aromatic carbocycles. The van der Waals surface area contributed by atoms with Gasteiger partial charge in [0.2, 0.25) is 0 Å². The van der Waals surface area contributed by atoms with Crippen LogP contribution in [0.4, 0.5) is 0 Å². The zero-order chi connectivity index (χ0) is 24.6. The third-order valence-electron chi connectivity index (χ3n) is 7.41. The summed E-state index contributed by atoms with van der Waals surface area (Å²) in [4.78, 5) is 12.9. The fourth-order valence-corrected chi connectivity index (χ4v) is 5.84. The van der Waals surface area contributed by atoms with Gasteiger partial charge < -0.3 is 4.74 Å². The molecule has 0 saturated heterocycles. The van der Waals surface area contributed by atoms with Gasteiger partial charge in [0, 0.05) is 5.92 Å². The minimum Gasteiger partial charge on any atom is -0.460 e. The number of benzene rings is 3. The first-order valence-electron chi connectivity index (χ1n) is 13.0. The number of hydrogen-bond acceptors (Lipinski definition) is 2. The van der Waals surface area contributed by atoms with E-state index in [4.69, 9.17) is 4.74 Å². The van der Waals surface area contributed by atoms with Crippen LogP contribution in [0.3, 0.4) is 0 Å². The second kappa shape index (κ2) is 9.49. The normalized spacial score (nSPS) is 19.0. The van der Waals surface area contributed by atoms with Crippen molar-refractivity contribution in [1.29, 1.82) is 0 Å². The van der Waals surface area contributed by atoms with Gasteiger partial charge in [-0.3, -0.25) is 4.79 Å². The summed E-state index contributed by atoms with van der Waals surface area (Å²) >= 11 is 0. The molecule has 2 heteroatoms. The van der Waals surface area contributed by atoms with Crippen molar-refractivity contribution >= 4 is 12.0 Å². The number of fused-ring (bicyclic) bond motifs is 2. The Morgan fingerprint density at radius 2 is 1.71 bits per heavy atom. The molecule has 3 aromatic rings. The lowest BCUT2D eigenvalue weighted by Crippen LogP contribution is -2.32. The number of esters is 1. The van der Waals surface area contributed by atoms with Gasteiger partial charge >= 0.3 is 5.97 Å². The first-order valence-corrected chi connectivity index (χ1v) is 13.0. The van der Waals surface area contributed by atoms with Crippen LogP contribution < -0.4 is 0 Å². The fourth-order valence-electron chi connectivity index (χ4n) is 5.84. The number of hydrogen-bond donors (Lipinski definition) is 0. The lowest BCUT2D eigenvalue weighted by atomic mass is 9.77. The number of carbonyl (C=O) groups is 1. The number of carbonyl (C=O) groups excluding carboxylic acids is 1. The lowest BCUT2D eigenvalue weighted by Gasteiger charge is -2.30. The van der Waals surface area contributed by atoms with Crippen LogP contribution in [0, 0.1) is 5.92 Å². The molecule has 0 fully saturated rings. The molecule has 2 nitrogen and oxygen atoms in total. The molecule has 0 aromatic heterocycles. The molecule has 2 aliphatic rings. The molecule has 0 amide bonds. The van der Waals surface area contributed by atoms with Crippen LogP contribution >= 0.6 is 0 Å². The molecule has 0 spiro atoms. The first kappa shape index (κ1) is 23.6. The van der Waals surface area contributed by atoms with E-state index in [2.05, 4.69) is 79.7 Å². The highest BCUT2D eigenvalue weighted by Gasteiger charge is 2.32. The van der Waals surface area contributed by atoms with Gasteiger partial charge in [0.1, 0.15) is 5.60 Å². The SMILES string of the molecule is CC1=Cc2ccccc2C1c1cc(CCc2ccccc2)c2c(c1)CC(C(=O)OC(C)(C)C)CC2. The van der Waals surface area contributed by atoms with Crippen molar-refractivity contribution in [3.05, 3.63) is 111 Å². The van der Waals surface area contributed by atoms with Crippen molar-refractivity contribution in [3.63, 3.8) is 0 Å². The largest absolute Gasteiger partial charge is 0.460 e. The summed E-state index contributed by atoms with van der Waals surface area (Å²) in [6, 6.07) is 24.3. The predicted octanol–water partition coefficient (Wildman–Crippen LogP) is 7.47. The molecule has 2 atom stereocenters. The highest BCUT2D eigenvalue weighted by Crippen LogP contribution is 2.43. The second-order valence-electron chi connectivity index (χ2n) is 11.2. The number of ether oxygens (including phenoxy) is 1. The molecule has 35 heavy (non-hydrogen) atoms. The van der Waals surface area contributed by atoms with Crippen molar-refractivity contribution in [2.75, 3.05) is 0 Å². The molecule has 0 heterocycles. The highest BCUT2D eigenvalue weighted by molar-refractivity contribution is 5.74. The molecule has 5 rings (SSSR count). The molecule has 0 bridgehead atoms. The summed E-state index contributed by atoms with van der Waals surface area (Å²) in [7, 11) is 0. The Labute approximate surface area is 210 Å². The summed E-state index contributed by atoms with van der Waals surface area (Å²) < 4.78 is 5.77. The van der Waals surface area contributed by atoms with E-state index in [1.807, 2.05) is 20.8 Å². The maximum atomic E-state index is 12.9. The number of rotatable bonds is 5. The van der Waals surface area contributed by atoms with Crippen LogP contribution in [0.1, 0.15) is 79.0 Å². The predicted molar refractivity (Wildman–Crippen MR) is 144 cm³/mol. The summed E-state index contributed by atoms with van der Waals surface area (Å²) in [5.41, 5.74) is 10.6. The molecular weight excluding hydrogens is 428 g/mol. The Kier molecular flexibility index (Phi) is 6.40. The zero-order valence-corrected chi connectivity index (χ0v) is 21.4. The van der Waals surface area contributed by atoms with Gasteiger partial charge in [-0.15, -0.1) is 0 Å². The standard InChI is InChI=1S/C33H36O2/c1-22-18-24-12-8-9-13-30(24)31(22)28-19-25(15-14-23-10-6-5-7-11-23)29-17-16-26(20-27(29)21-28)32(34)35-33(2,3)4/h5-13,18-19,21,26,31H,14-17,20H2,1-4H3. The smallest absolute Gasteiger partial charge is 0.309 e. The molecule has 180 valence electrons. The maximum absolute atomic E-state index is 12.9. The number of aryl methyl sites for hydroxylation is 2. The van der Waals surface area contributed by atoms with Crippen LogP contribution in [0.25, 0.3) is 6.08 Å². The third-order valence-corrected chi connectivity index (χ3v) is 7.41. The Bertz CT molecular complexity index is 1260. The van der Waals surface area contributed by atoms with Gasteiger partial charge in [0.25, 0.3) is 0 Å². The molecule has 2 aliphatic carbocycles. The van der Waals surface area contributed by atoms with E-state index >= 15 is 0 Å². The van der Waals surface area contributed by atoms with Crippen LogP contribution in [0.15, 0.2) is 72.3 Å². The van der Waals surface area contributed by atoms with Crippen LogP contribution in [-0.4, -0.2) is 11.6 Å². The molecular formula is C33H36O2. The van der Waals surface area contributed by atoms with E-state index in [9.17, 15) is 4.79 Å². The van der Waals surface area contributed by atoms with Crippen LogP contribution in [0.5, 0.6) is 0 Å². The van der Waals surface area contributed by atoms with E-state index < -0.39 is 5.60 Å². The van der Waals surface area contributed by atoms with Crippen molar-refractivity contribution in [2.45, 2.75) is 71.3 Å². The zero-order valence-electron chi connectivity index (χ0n) is 21.4. The van der Waals surface area contributed by atoms with Gasteiger partial charge in [-0.25, -0.2) is 0 Å². The Morgan fingerprint density at radius 3 is 2.49 bits per heavy atom. The van der Waals surface area contributed by atoms with Crippen molar-refractivity contribution in [2.24, 2.45) is 5.92 Å². The van der Waals surface area contributed by atoms with Crippen molar-refractivity contribution in [1.82, 2.24) is 0 Å². The van der Waals surface area contributed by atoms with Crippen LogP contribution in [-0.2, 0) is 35.2 Å². The van der Waals surface area contributed by atoms with Gasteiger partial charge in [-0.05, 0) is 98.7 Å². The molecule has 0 saturated carbocycles. The third kappa shape index (κ3) is 5.12. The van der Waals surface area contributed by atoms with E-state index in [-0.39, 0.29) is 17.8 Å². The molecule has 0 aliphatic heterocycles. The van der Waals surface area contributed by atoms with Crippen LogP contribution in [0.2, 0.25) is 0 Å². The van der Waals surface area contributed by atoms with Crippen molar-refractivity contribution in [3.8, 4) is 0 Å². The average molecular weight is 465 g/mol. The topological polar surface area (TPSA) is 26.3 Å². The Balaban J connectivity index is 1.51. The maximum Gasteiger partial charge on any atom is 0.309 e. The summed E-state index contributed by atoms with van der Waals surface area (Å²) in [5, 5.41) is 0. The second-order valence-corrected chi connectivity index (χ2v) is 11.2. The van der Waals surface area contributed by atoms with Gasteiger partial charge in [-0.1, -0.05) is 78.4 Å². The lowest BCUT2D eigenvalue weighted by molar-refractivity contribution is -0.160. The first-order chi connectivity index (χ1) is 16.8. The van der Waals surface area contributed by atoms with E-state index in [1.54, 1.807) is 0 Å². The van der Waals surface area contributed by atoms with Gasteiger partial charge in [0.15, 0.2) is 0 Å². The summed E-state index contributed by atoms with van der Waals surface area (Å²) in [5.74, 6) is 0.169. The van der Waals surface area contributed by atoms with Gasteiger partial charge in [0.05, 0.1) is 5.92 Å². The fraction of sp³-hybridized carbons (Fsp3) is 0.364. The monoisotopic (exact) mass is 464 g/mol. The van der Waals surface area contributed by atoms with E-state index in [0.717, 1.165) is 32.1 Å².